The molecule has 0 aromatic rings. The van der Waals surface area contributed by atoms with E-state index in [0.29, 0.717) is 24.9 Å². The Morgan fingerprint density at radius 3 is 2.43 bits per heavy atom. The van der Waals surface area contributed by atoms with Crippen LogP contribution in [0.1, 0.15) is 6.42 Å². The van der Waals surface area contributed by atoms with Gasteiger partial charge in [-0.1, -0.05) is 0 Å². The third kappa shape index (κ3) is 3.46. The van der Waals surface area contributed by atoms with Crippen LogP contribution in [0.15, 0.2) is 9.98 Å². The summed E-state index contributed by atoms with van der Waals surface area (Å²) in [5.74, 6) is 2.81. The average Bonchev–Trinajstić information content (AvgIpc) is 2.24. The maximum absolute atomic E-state index is 9.99. The lowest BCUT2D eigenvalue weighted by Crippen LogP contribution is -2.27. The minimum Gasteiger partial charge on any atom is -0.211 e. The number of isocyanates is 2. The van der Waals surface area contributed by atoms with Gasteiger partial charge in [-0.2, -0.15) is 11.8 Å². The van der Waals surface area contributed by atoms with Crippen molar-refractivity contribution >= 4 is 23.9 Å². The third-order valence-electron chi connectivity index (χ3n) is 2.41. The molecule has 0 spiro atoms. The van der Waals surface area contributed by atoms with Crippen LogP contribution in [0.3, 0.4) is 0 Å². The van der Waals surface area contributed by atoms with Crippen molar-refractivity contribution < 1.29 is 9.59 Å². The lowest BCUT2D eigenvalue weighted by atomic mass is 9.91. The summed E-state index contributed by atoms with van der Waals surface area (Å²) in [5, 5.41) is 0. The van der Waals surface area contributed by atoms with Gasteiger partial charge in [-0.05, 0) is 29.8 Å². The minimum absolute atomic E-state index is 0.354. The highest BCUT2D eigenvalue weighted by molar-refractivity contribution is 7.99. The fourth-order valence-corrected chi connectivity index (χ4v) is 2.91. The van der Waals surface area contributed by atoms with Crippen LogP contribution in [-0.2, 0) is 9.59 Å². The molecule has 5 heteroatoms. The van der Waals surface area contributed by atoms with Crippen molar-refractivity contribution in [2.45, 2.75) is 6.42 Å². The lowest BCUT2D eigenvalue weighted by Gasteiger charge is -2.27. The van der Waals surface area contributed by atoms with Crippen molar-refractivity contribution in [2.24, 2.45) is 21.8 Å². The molecular formula is C9H12N2O2S. The monoisotopic (exact) mass is 212 g/mol. The van der Waals surface area contributed by atoms with Crippen LogP contribution in [0, 0.1) is 11.8 Å². The third-order valence-corrected chi connectivity index (χ3v) is 3.60. The molecule has 1 rings (SSSR count). The molecule has 0 N–H and O–H groups in total. The molecule has 2 atom stereocenters. The molecule has 0 saturated carbocycles. The maximum atomic E-state index is 9.99. The standard InChI is InChI=1S/C9H12N2O2S/c12-6-10-3-8-1-2-14-5-9(8)4-11-7-13/h8-9H,1-5H2. The smallest absolute Gasteiger partial charge is 0.211 e. The van der Waals surface area contributed by atoms with Gasteiger partial charge in [0.1, 0.15) is 0 Å². The van der Waals surface area contributed by atoms with E-state index in [1.165, 1.54) is 0 Å². The van der Waals surface area contributed by atoms with Gasteiger partial charge in [0.25, 0.3) is 0 Å². The van der Waals surface area contributed by atoms with Crippen LogP contribution in [0.2, 0.25) is 0 Å². The number of nitrogens with zero attached hydrogens (tertiary/aromatic N) is 2. The Hall–Kier alpha value is -0.890. The van der Waals surface area contributed by atoms with E-state index in [1.807, 2.05) is 11.8 Å². The summed E-state index contributed by atoms with van der Waals surface area (Å²) in [6.07, 6.45) is 4.14. The fourth-order valence-electron chi connectivity index (χ4n) is 1.59. The van der Waals surface area contributed by atoms with Gasteiger partial charge in [0.15, 0.2) is 0 Å². The molecule has 1 saturated heterocycles. The van der Waals surface area contributed by atoms with Crippen LogP contribution in [0.25, 0.3) is 0 Å². The van der Waals surface area contributed by atoms with E-state index in [2.05, 4.69) is 9.98 Å². The Bertz CT molecular complexity index is 242. The summed E-state index contributed by atoms with van der Waals surface area (Å²) >= 11 is 1.86. The van der Waals surface area contributed by atoms with Crippen molar-refractivity contribution in [1.29, 1.82) is 0 Å². The maximum Gasteiger partial charge on any atom is 0.234 e. The first-order chi connectivity index (χ1) is 6.88. The van der Waals surface area contributed by atoms with E-state index in [-0.39, 0.29) is 0 Å². The number of thioether (sulfide) groups is 1. The minimum atomic E-state index is 0.354. The first-order valence-corrected chi connectivity index (χ1v) is 5.69. The van der Waals surface area contributed by atoms with Crippen molar-refractivity contribution in [3.8, 4) is 0 Å². The molecule has 0 radical (unpaired) electrons. The Labute approximate surface area is 86.9 Å². The molecule has 1 fully saturated rings. The number of hydrogen-bond acceptors (Lipinski definition) is 5. The van der Waals surface area contributed by atoms with Gasteiger partial charge >= 0.3 is 0 Å². The van der Waals surface area contributed by atoms with Gasteiger partial charge in [-0.3, -0.25) is 0 Å². The fraction of sp³-hybridized carbons (Fsp3) is 0.778. The van der Waals surface area contributed by atoms with Gasteiger partial charge in [0.05, 0.1) is 13.1 Å². The summed E-state index contributed by atoms with van der Waals surface area (Å²) in [6.45, 7) is 1.03. The molecule has 0 amide bonds. The molecule has 0 aromatic heterocycles. The van der Waals surface area contributed by atoms with Crippen molar-refractivity contribution in [1.82, 2.24) is 0 Å². The summed E-state index contributed by atoms with van der Waals surface area (Å²) in [6, 6.07) is 0. The van der Waals surface area contributed by atoms with Gasteiger partial charge in [0, 0.05) is 0 Å². The van der Waals surface area contributed by atoms with E-state index < -0.39 is 0 Å². The van der Waals surface area contributed by atoms with Crippen LogP contribution >= 0.6 is 11.8 Å². The Balaban J connectivity index is 2.48. The van der Waals surface area contributed by atoms with Crippen molar-refractivity contribution in [3.63, 3.8) is 0 Å². The molecule has 14 heavy (non-hydrogen) atoms. The SMILES string of the molecule is O=C=NCC1CCSCC1CN=C=O. The molecular weight excluding hydrogens is 200 g/mol. The predicted molar refractivity (Wildman–Crippen MR) is 54.9 cm³/mol. The quantitative estimate of drug-likeness (QED) is 0.516. The molecule has 0 bridgehead atoms. The highest BCUT2D eigenvalue weighted by Crippen LogP contribution is 2.28. The van der Waals surface area contributed by atoms with Gasteiger partial charge < -0.3 is 0 Å². The number of carbonyl (C=O) groups excluding carboxylic acids is 2. The molecule has 0 aliphatic carbocycles. The van der Waals surface area contributed by atoms with Crippen LogP contribution in [-0.4, -0.2) is 36.8 Å². The van der Waals surface area contributed by atoms with Gasteiger partial charge in [-0.15, -0.1) is 0 Å². The van der Waals surface area contributed by atoms with E-state index in [0.717, 1.165) is 17.9 Å². The van der Waals surface area contributed by atoms with E-state index in [9.17, 15) is 9.59 Å². The second-order valence-corrected chi connectivity index (χ2v) is 4.40. The zero-order valence-corrected chi connectivity index (χ0v) is 8.63. The summed E-state index contributed by atoms with van der Waals surface area (Å²) in [4.78, 5) is 27.2. The molecule has 1 aliphatic heterocycles. The van der Waals surface area contributed by atoms with E-state index in [4.69, 9.17) is 0 Å². The van der Waals surface area contributed by atoms with Crippen molar-refractivity contribution in [3.05, 3.63) is 0 Å². The van der Waals surface area contributed by atoms with Crippen molar-refractivity contribution in [2.75, 3.05) is 24.6 Å². The topological polar surface area (TPSA) is 58.9 Å². The zero-order valence-electron chi connectivity index (χ0n) is 7.81. The molecule has 2 unspecified atom stereocenters. The highest BCUT2D eigenvalue weighted by Gasteiger charge is 2.24. The largest absolute Gasteiger partial charge is 0.234 e. The van der Waals surface area contributed by atoms with Gasteiger partial charge in [0.2, 0.25) is 12.2 Å². The second kappa shape index (κ2) is 6.55. The normalized spacial score (nSPS) is 26.0. The molecule has 1 aliphatic rings. The predicted octanol–water partition coefficient (Wildman–Crippen LogP) is 1.03. The molecule has 1 heterocycles. The first kappa shape index (κ1) is 11.2. The molecule has 76 valence electrons. The molecule has 4 nitrogen and oxygen atoms in total. The number of rotatable bonds is 4. The van der Waals surface area contributed by atoms with Crippen LogP contribution in [0.4, 0.5) is 0 Å². The van der Waals surface area contributed by atoms with Gasteiger partial charge in [-0.25, -0.2) is 19.6 Å². The second-order valence-electron chi connectivity index (χ2n) is 3.25. The Kier molecular flexibility index (Phi) is 5.23. The first-order valence-electron chi connectivity index (χ1n) is 4.53. The van der Waals surface area contributed by atoms with E-state index >= 15 is 0 Å². The van der Waals surface area contributed by atoms with Crippen LogP contribution in [0.5, 0.6) is 0 Å². The van der Waals surface area contributed by atoms with E-state index in [1.54, 1.807) is 12.2 Å². The summed E-state index contributed by atoms with van der Waals surface area (Å²) < 4.78 is 0. The summed E-state index contributed by atoms with van der Waals surface area (Å²) in [7, 11) is 0. The highest BCUT2D eigenvalue weighted by atomic mass is 32.2. The average molecular weight is 212 g/mol. The lowest BCUT2D eigenvalue weighted by molar-refractivity contribution is 0.362. The van der Waals surface area contributed by atoms with Crippen LogP contribution < -0.4 is 0 Å². The number of aliphatic imine (C=N–C) groups is 2. The Morgan fingerprint density at radius 2 is 1.79 bits per heavy atom. The zero-order chi connectivity index (χ0) is 10.2. The number of hydrogen-bond donors (Lipinski definition) is 0. The Morgan fingerprint density at radius 1 is 1.14 bits per heavy atom. The summed E-state index contributed by atoms with van der Waals surface area (Å²) in [5.41, 5.74) is 0. The molecule has 0 aromatic carbocycles.